The highest BCUT2D eigenvalue weighted by atomic mass is 32.1. The molecular formula is C26H39F2N5O3S. The zero-order valence-corrected chi connectivity index (χ0v) is 23.5. The molecule has 3 atom stereocenters. The van der Waals surface area contributed by atoms with Crippen molar-refractivity contribution in [3.8, 4) is 0 Å². The Kier molecular flexibility index (Phi) is 10.6. The number of hydrogen-bond acceptors (Lipinski definition) is 7. The fourth-order valence-corrected chi connectivity index (χ4v) is 4.13. The molecule has 3 N–H and O–H groups in total. The second-order valence-corrected chi connectivity index (χ2v) is 11.1. The van der Waals surface area contributed by atoms with Gasteiger partial charge in [-0.3, -0.25) is 14.6 Å². The summed E-state index contributed by atoms with van der Waals surface area (Å²) in [5, 5.41) is 15.6. The monoisotopic (exact) mass is 539 g/mol. The fourth-order valence-electron chi connectivity index (χ4n) is 3.80. The van der Waals surface area contributed by atoms with Crippen LogP contribution in [0.5, 0.6) is 0 Å². The van der Waals surface area contributed by atoms with Crippen LogP contribution in [0.3, 0.4) is 0 Å². The molecule has 1 aromatic rings. The molecule has 8 nitrogen and oxygen atoms in total. The molecule has 1 aliphatic rings. The van der Waals surface area contributed by atoms with E-state index in [0.717, 1.165) is 12.8 Å². The van der Waals surface area contributed by atoms with Gasteiger partial charge in [-0.15, -0.1) is 0 Å². The van der Waals surface area contributed by atoms with E-state index < -0.39 is 29.9 Å². The molecule has 1 aromatic heterocycles. The highest BCUT2D eigenvalue weighted by Crippen LogP contribution is 2.28. The molecule has 0 spiro atoms. The van der Waals surface area contributed by atoms with Crippen LogP contribution in [0.15, 0.2) is 17.3 Å². The van der Waals surface area contributed by atoms with E-state index in [0.29, 0.717) is 6.54 Å². The molecule has 0 saturated carbocycles. The number of carbonyl (C=O) groups excluding carboxylic acids is 2. The average molecular weight is 540 g/mol. The minimum atomic E-state index is -2.87. The van der Waals surface area contributed by atoms with E-state index >= 15 is 0 Å². The predicted octanol–water partition coefficient (Wildman–Crippen LogP) is 3.92. The van der Waals surface area contributed by atoms with Crippen molar-refractivity contribution in [3.05, 3.63) is 23.4 Å². The molecule has 0 aromatic carbocycles. The number of nitrogens with zero attached hydrogens (tertiary/aromatic N) is 3. The first-order valence-electron chi connectivity index (χ1n) is 12.6. The number of aromatic nitrogens is 1. The summed E-state index contributed by atoms with van der Waals surface area (Å²) in [6, 6.07) is -0.167. The Morgan fingerprint density at radius 1 is 1.32 bits per heavy atom. The number of amides is 2. The van der Waals surface area contributed by atoms with Gasteiger partial charge in [0, 0.05) is 42.5 Å². The lowest BCUT2D eigenvalue weighted by Gasteiger charge is -2.26. The summed E-state index contributed by atoms with van der Waals surface area (Å²) in [5.41, 5.74) is -1.60. The van der Waals surface area contributed by atoms with E-state index in [-0.39, 0.29) is 52.1 Å². The number of aliphatic hydroxyl groups is 1. The molecule has 1 aliphatic heterocycles. The summed E-state index contributed by atoms with van der Waals surface area (Å²) in [5.74, 6) is -0.501. The number of anilines is 1. The smallest absolute Gasteiger partial charge is 0.265 e. The van der Waals surface area contributed by atoms with Crippen LogP contribution in [0, 0.1) is 5.92 Å². The minimum Gasteiger partial charge on any atom is -0.389 e. The third kappa shape index (κ3) is 8.49. The Bertz CT molecular complexity index is 1030. The lowest BCUT2D eigenvalue weighted by atomic mass is 10.0. The summed E-state index contributed by atoms with van der Waals surface area (Å²) in [6.45, 7) is 12.8. The Morgan fingerprint density at radius 3 is 2.49 bits per heavy atom. The highest BCUT2D eigenvalue weighted by Gasteiger charge is 2.35. The summed E-state index contributed by atoms with van der Waals surface area (Å²) in [4.78, 5) is 36.3. The van der Waals surface area contributed by atoms with Gasteiger partial charge >= 0.3 is 0 Å². The van der Waals surface area contributed by atoms with Crippen molar-refractivity contribution in [2.24, 2.45) is 10.9 Å². The quantitative estimate of drug-likeness (QED) is 0.224. The van der Waals surface area contributed by atoms with Crippen LogP contribution in [0.25, 0.3) is 0 Å². The number of halogens is 2. The topological polar surface area (TPSA) is 107 Å². The molecule has 1 fully saturated rings. The standard InChI is InChI=1S/C26H39F2N5O3S/c1-14(2)16(4)31-20-11-18(23(27)28)19(12-29-20)22(37)21(25(35)33-10-8-9-15(33)3)32-17(5)24(34)30-13-26(6,7)36/h11-12,14-16,21,23,36H,8-10,13H2,1-7H3,(H,29,31)(H,30,34)/t15-,16-,21?/m0/s1. The highest BCUT2D eigenvalue weighted by molar-refractivity contribution is 7.81. The zero-order valence-electron chi connectivity index (χ0n) is 22.6. The van der Waals surface area contributed by atoms with Gasteiger partial charge in [0.05, 0.1) is 16.2 Å². The van der Waals surface area contributed by atoms with Gasteiger partial charge in [0.15, 0.2) is 6.04 Å². The van der Waals surface area contributed by atoms with Crippen LogP contribution >= 0.6 is 12.2 Å². The first-order chi connectivity index (χ1) is 17.1. The number of alkyl halides is 2. The molecule has 0 bridgehead atoms. The second-order valence-electron chi connectivity index (χ2n) is 10.6. The summed E-state index contributed by atoms with van der Waals surface area (Å²) < 4.78 is 28.3. The molecule has 2 rings (SSSR count). The molecule has 11 heteroatoms. The Hall–Kier alpha value is -2.53. The Balaban J connectivity index is 2.47. The number of hydrogen-bond donors (Lipinski definition) is 3. The fraction of sp³-hybridized carbons (Fsp3) is 0.654. The normalized spacial score (nSPS) is 18.2. The molecule has 2 heterocycles. The molecular weight excluding hydrogens is 500 g/mol. The van der Waals surface area contributed by atoms with Crippen LogP contribution in [0.1, 0.15) is 78.9 Å². The molecule has 37 heavy (non-hydrogen) atoms. The molecule has 206 valence electrons. The van der Waals surface area contributed by atoms with Gasteiger partial charge in [0.25, 0.3) is 18.2 Å². The summed E-state index contributed by atoms with van der Waals surface area (Å²) >= 11 is 5.58. The van der Waals surface area contributed by atoms with Gasteiger partial charge in [0.2, 0.25) is 0 Å². The van der Waals surface area contributed by atoms with E-state index in [1.807, 2.05) is 27.7 Å². The number of pyridine rings is 1. The predicted molar refractivity (Wildman–Crippen MR) is 145 cm³/mol. The van der Waals surface area contributed by atoms with Gasteiger partial charge in [-0.25, -0.2) is 13.8 Å². The Labute approximate surface area is 223 Å². The van der Waals surface area contributed by atoms with Crippen LogP contribution in [-0.2, 0) is 9.59 Å². The van der Waals surface area contributed by atoms with Crippen LogP contribution in [-0.4, -0.2) is 74.2 Å². The lowest BCUT2D eigenvalue weighted by molar-refractivity contribution is -0.131. The lowest BCUT2D eigenvalue weighted by Crippen LogP contribution is -2.45. The van der Waals surface area contributed by atoms with E-state index in [1.165, 1.54) is 33.0 Å². The molecule has 1 saturated heterocycles. The van der Waals surface area contributed by atoms with Gasteiger partial charge in [-0.2, -0.15) is 0 Å². The van der Waals surface area contributed by atoms with Gasteiger partial charge in [0.1, 0.15) is 5.82 Å². The molecule has 1 unspecified atom stereocenters. The first-order valence-corrected chi connectivity index (χ1v) is 13.0. The summed E-state index contributed by atoms with van der Waals surface area (Å²) in [7, 11) is 0. The molecule has 0 aliphatic carbocycles. The maximum absolute atomic E-state index is 14.2. The zero-order chi connectivity index (χ0) is 28.1. The van der Waals surface area contributed by atoms with E-state index in [2.05, 4.69) is 20.6 Å². The summed E-state index contributed by atoms with van der Waals surface area (Å²) in [6.07, 6.45) is -0.0172. The van der Waals surface area contributed by atoms with E-state index in [9.17, 15) is 23.5 Å². The third-order valence-corrected chi connectivity index (χ3v) is 6.91. The van der Waals surface area contributed by atoms with Crippen LogP contribution < -0.4 is 10.6 Å². The molecule has 0 radical (unpaired) electrons. The minimum absolute atomic E-state index is 0.00327. The van der Waals surface area contributed by atoms with Gasteiger partial charge in [-0.05, 0) is 59.4 Å². The van der Waals surface area contributed by atoms with Crippen LogP contribution in [0.2, 0.25) is 0 Å². The van der Waals surface area contributed by atoms with E-state index in [4.69, 9.17) is 12.2 Å². The number of carbonyl (C=O) groups is 2. The van der Waals surface area contributed by atoms with Gasteiger partial charge < -0.3 is 20.6 Å². The van der Waals surface area contributed by atoms with Crippen molar-refractivity contribution >= 4 is 40.4 Å². The van der Waals surface area contributed by atoms with Crippen molar-refractivity contribution in [1.29, 1.82) is 0 Å². The second kappa shape index (κ2) is 12.8. The largest absolute Gasteiger partial charge is 0.389 e. The van der Waals surface area contributed by atoms with Crippen molar-refractivity contribution in [2.45, 2.75) is 91.5 Å². The van der Waals surface area contributed by atoms with Crippen molar-refractivity contribution in [1.82, 2.24) is 15.2 Å². The van der Waals surface area contributed by atoms with Crippen LogP contribution in [0.4, 0.5) is 14.6 Å². The van der Waals surface area contributed by atoms with Crippen molar-refractivity contribution in [3.63, 3.8) is 0 Å². The Morgan fingerprint density at radius 2 is 1.97 bits per heavy atom. The number of rotatable bonds is 11. The number of nitrogens with one attached hydrogen (secondary N) is 2. The number of thiocarbonyl (C=S) groups is 1. The average Bonchev–Trinajstić information content (AvgIpc) is 3.25. The maximum atomic E-state index is 14.2. The maximum Gasteiger partial charge on any atom is 0.265 e. The van der Waals surface area contributed by atoms with E-state index in [1.54, 1.807) is 4.90 Å². The number of likely N-dealkylation sites (tertiary alicyclic amines) is 1. The van der Waals surface area contributed by atoms with Gasteiger partial charge in [-0.1, -0.05) is 26.1 Å². The third-order valence-electron chi connectivity index (χ3n) is 6.46. The number of aliphatic imine (C=N–C) groups is 1. The SMILES string of the molecule is CC(=NC(C(=O)N1CCC[C@@H]1C)C(=S)c1cnc(N[C@@H](C)C(C)C)cc1C(F)F)C(=O)NCC(C)(C)O. The first kappa shape index (κ1) is 30.7. The van der Waals surface area contributed by atoms with Crippen molar-refractivity contribution in [2.75, 3.05) is 18.4 Å². The molecule has 2 amide bonds. The van der Waals surface area contributed by atoms with Crippen molar-refractivity contribution < 1.29 is 23.5 Å².